The van der Waals surface area contributed by atoms with E-state index in [4.69, 9.17) is 16.3 Å². The Labute approximate surface area is 211 Å². The van der Waals surface area contributed by atoms with Crippen LogP contribution in [0.3, 0.4) is 0 Å². The molecule has 3 aromatic carbocycles. The maximum atomic E-state index is 13.5. The molecule has 1 aliphatic rings. The molecular formula is C26H28ClN3O4S. The van der Waals surface area contributed by atoms with Crippen LogP contribution in [0.15, 0.2) is 83.8 Å². The molecule has 9 heteroatoms. The lowest BCUT2D eigenvalue weighted by molar-refractivity contribution is -0.131. The molecule has 0 spiro atoms. The minimum Gasteiger partial charge on any atom is -0.497 e. The van der Waals surface area contributed by atoms with Crippen LogP contribution in [-0.2, 0) is 21.4 Å². The monoisotopic (exact) mass is 513 g/mol. The highest BCUT2D eigenvalue weighted by Crippen LogP contribution is 2.23. The molecule has 1 fully saturated rings. The maximum Gasteiger partial charge on any atom is 0.243 e. The number of halogens is 1. The summed E-state index contributed by atoms with van der Waals surface area (Å²) in [5.41, 5.74) is 1.82. The van der Waals surface area contributed by atoms with E-state index in [1.54, 1.807) is 17.0 Å². The first-order chi connectivity index (χ1) is 16.9. The Morgan fingerprint density at radius 2 is 1.63 bits per heavy atom. The zero-order valence-corrected chi connectivity index (χ0v) is 21.1. The molecular weight excluding hydrogens is 486 g/mol. The van der Waals surface area contributed by atoms with Crippen molar-refractivity contribution in [3.05, 3.63) is 89.4 Å². The lowest BCUT2D eigenvalue weighted by Gasteiger charge is -2.37. The van der Waals surface area contributed by atoms with Gasteiger partial charge in [-0.05, 0) is 48.0 Å². The van der Waals surface area contributed by atoms with Crippen molar-refractivity contribution in [1.29, 1.82) is 0 Å². The summed E-state index contributed by atoms with van der Waals surface area (Å²) in [5, 5.41) is 0.668. The Bertz CT molecular complexity index is 1250. The van der Waals surface area contributed by atoms with Crippen LogP contribution in [0.25, 0.3) is 0 Å². The van der Waals surface area contributed by atoms with Crippen LogP contribution in [0.5, 0.6) is 5.75 Å². The predicted octanol–water partition coefficient (Wildman–Crippen LogP) is 3.89. The van der Waals surface area contributed by atoms with Gasteiger partial charge in [0.25, 0.3) is 0 Å². The lowest BCUT2D eigenvalue weighted by Crippen LogP contribution is -2.51. The number of piperazine rings is 1. The summed E-state index contributed by atoms with van der Waals surface area (Å²) in [7, 11) is -2.39. The van der Waals surface area contributed by atoms with Gasteiger partial charge < -0.3 is 14.5 Å². The standard InChI is InChI=1S/C26H28ClN3O4S/c1-34-24-10-12-25(13-11-24)35(32,33)30(19-21-6-3-2-4-7-21)20-26(31)29-16-14-28(15-17-29)23-9-5-8-22(27)18-23/h2-13,18H,14-17,19-20H2,1H3. The number of anilines is 1. The molecule has 1 saturated heterocycles. The van der Waals surface area contributed by atoms with Gasteiger partial charge in [0, 0.05) is 43.4 Å². The molecule has 0 atom stereocenters. The first-order valence-electron chi connectivity index (χ1n) is 11.3. The summed E-state index contributed by atoms with van der Waals surface area (Å²) >= 11 is 6.12. The summed E-state index contributed by atoms with van der Waals surface area (Å²) in [6, 6.07) is 23.1. The van der Waals surface area contributed by atoms with Crippen LogP contribution >= 0.6 is 11.6 Å². The van der Waals surface area contributed by atoms with Gasteiger partial charge in [0.05, 0.1) is 18.6 Å². The third kappa shape index (κ3) is 6.14. The van der Waals surface area contributed by atoms with Gasteiger partial charge in [0.1, 0.15) is 5.75 Å². The number of methoxy groups -OCH3 is 1. The number of sulfonamides is 1. The largest absolute Gasteiger partial charge is 0.497 e. The van der Waals surface area contributed by atoms with Crippen LogP contribution in [0.2, 0.25) is 5.02 Å². The van der Waals surface area contributed by atoms with E-state index in [0.29, 0.717) is 37.0 Å². The van der Waals surface area contributed by atoms with Crippen LogP contribution in [0.4, 0.5) is 5.69 Å². The van der Waals surface area contributed by atoms with Gasteiger partial charge in [-0.25, -0.2) is 8.42 Å². The van der Waals surface area contributed by atoms with Gasteiger partial charge in [-0.2, -0.15) is 4.31 Å². The normalized spacial score (nSPS) is 14.3. The van der Waals surface area contributed by atoms with Crippen molar-refractivity contribution in [2.45, 2.75) is 11.4 Å². The molecule has 0 N–H and O–H groups in total. The van der Waals surface area contributed by atoms with E-state index in [1.165, 1.54) is 23.5 Å². The number of carbonyl (C=O) groups excluding carboxylic acids is 1. The maximum absolute atomic E-state index is 13.5. The van der Waals surface area contributed by atoms with Crippen molar-refractivity contribution in [2.24, 2.45) is 0 Å². The van der Waals surface area contributed by atoms with E-state index >= 15 is 0 Å². The molecule has 1 amide bonds. The molecule has 7 nitrogen and oxygen atoms in total. The van der Waals surface area contributed by atoms with Crippen molar-refractivity contribution >= 4 is 33.2 Å². The lowest BCUT2D eigenvalue weighted by atomic mass is 10.2. The van der Waals surface area contributed by atoms with Gasteiger partial charge in [0.15, 0.2) is 0 Å². The van der Waals surface area contributed by atoms with E-state index < -0.39 is 10.0 Å². The first kappa shape index (κ1) is 25.0. The highest BCUT2D eigenvalue weighted by Gasteiger charge is 2.30. The Morgan fingerprint density at radius 1 is 0.943 bits per heavy atom. The SMILES string of the molecule is COc1ccc(S(=O)(=O)N(CC(=O)N2CCN(c3cccc(Cl)c3)CC2)Cc2ccccc2)cc1. The molecule has 3 aromatic rings. The van der Waals surface area contributed by atoms with Gasteiger partial charge in [-0.3, -0.25) is 4.79 Å². The summed E-state index contributed by atoms with van der Waals surface area (Å²) in [4.78, 5) is 17.2. The van der Waals surface area contributed by atoms with Crippen LogP contribution < -0.4 is 9.64 Å². The molecule has 0 aliphatic carbocycles. The molecule has 1 heterocycles. The number of ether oxygens (including phenoxy) is 1. The number of hydrogen-bond donors (Lipinski definition) is 0. The van der Waals surface area contributed by atoms with Crippen LogP contribution in [0, 0.1) is 0 Å². The zero-order valence-electron chi connectivity index (χ0n) is 19.5. The molecule has 0 radical (unpaired) electrons. The smallest absolute Gasteiger partial charge is 0.243 e. The van der Waals surface area contributed by atoms with E-state index in [1.807, 2.05) is 54.6 Å². The highest BCUT2D eigenvalue weighted by atomic mass is 35.5. The Balaban J connectivity index is 1.49. The van der Waals surface area contributed by atoms with Crippen molar-refractivity contribution in [1.82, 2.24) is 9.21 Å². The topological polar surface area (TPSA) is 70.2 Å². The Morgan fingerprint density at radius 3 is 2.26 bits per heavy atom. The van der Waals surface area contributed by atoms with Crippen molar-refractivity contribution < 1.29 is 17.9 Å². The minimum atomic E-state index is -3.91. The predicted molar refractivity (Wildman–Crippen MR) is 137 cm³/mol. The van der Waals surface area contributed by atoms with E-state index in [2.05, 4.69) is 4.90 Å². The second kappa shape index (κ2) is 11.1. The Kier molecular flexibility index (Phi) is 7.95. The van der Waals surface area contributed by atoms with Crippen molar-refractivity contribution in [3.8, 4) is 5.75 Å². The number of rotatable bonds is 8. The Hall–Kier alpha value is -3.07. The van der Waals surface area contributed by atoms with Crippen molar-refractivity contribution in [3.63, 3.8) is 0 Å². The molecule has 0 bridgehead atoms. The van der Waals surface area contributed by atoms with Gasteiger partial charge in [-0.15, -0.1) is 0 Å². The third-order valence-electron chi connectivity index (χ3n) is 6.02. The number of carbonyl (C=O) groups is 1. The minimum absolute atomic E-state index is 0.101. The molecule has 35 heavy (non-hydrogen) atoms. The average Bonchev–Trinajstić information content (AvgIpc) is 2.89. The average molecular weight is 514 g/mol. The summed E-state index contributed by atoms with van der Waals surface area (Å²) in [6.07, 6.45) is 0. The summed E-state index contributed by atoms with van der Waals surface area (Å²) in [6.45, 7) is 2.18. The number of amides is 1. The summed E-state index contributed by atoms with van der Waals surface area (Å²) in [5.74, 6) is 0.343. The first-order valence-corrected chi connectivity index (χ1v) is 13.1. The van der Waals surface area contributed by atoms with Crippen LogP contribution in [0.1, 0.15) is 5.56 Å². The molecule has 0 unspecified atom stereocenters. The molecule has 184 valence electrons. The molecule has 4 rings (SSSR count). The van der Waals surface area contributed by atoms with E-state index in [-0.39, 0.29) is 23.9 Å². The van der Waals surface area contributed by atoms with Crippen molar-refractivity contribution in [2.75, 3.05) is 44.7 Å². The zero-order chi connectivity index (χ0) is 24.8. The summed E-state index contributed by atoms with van der Waals surface area (Å²) < 4.78 is 33.4. The highest BCUT2D eigenvalue weighted by molar-refractivity contribution is 7.89. The quantitative estimate of drug-likeness (QED) is 0.457. The second-order valence-corrected chi connectivity index (χ2v) is 10.7. The fourth-order valence-corrected chi connectivity index (χ4v) is 5.61. The fourth-order valence-electron chi connectivity index (χ4n) is 4.05. The van der Waals surface area contributed by atoms with Gasteiger partial charge >= 0.3 is 0 Å². The molecule has 0 saturated carbocycles. The molecule has 0 aromatic heterocycles. The third-order valence-corrected chi connectivity index (χ3v) is 8.06. The van der Waals surface area contributed by atoms with Crippen LogP contribution in [-0.4, -0.2) is 63.4 Å². The number of nitrogens with zero attached hydrogens (tertiary/aromatic N) is 3. The second-order valence-electron chi connectivity index (χ2n) is 8.28. The van der Waals surface area contributed by atoms with E-state index in [9.17, 15) is 13.2 Å². The van der Waals surface area contributed by atoms with E-state index in [0.717, 1.165) is 11.3 Å². The van der Waals surface area contributed by atoms with Gasteiger partial charge in [-0.1, -0.05) is 48.0 Å². The number of hydrogen-bond acceptors (Lipinski definition) is 5. The van der Waals surface area contributed by atoms with Gasteiger partial charge in [0.2, 0.25) is 15.9 Å². The fraction of sp³-hybridized carbons (Fsp3) is 0.269. The molecule has 1 aliphatic heterocycles. The number of benzene rings is 3.